The number of pyridine rings is 2. The number of aliphatic hydroxyl groups excluding tert-OH is 2. The average molecular weight is 815 g/mol. The van der Waals surface area contributed by atoms with E-state index in [0.29, 0.717) is 0 Å². The van der Waals surface area contributed by atoms with E-state index in [1.807, 2.05) is 0 Å². The molecule has 4 aliphatic rings. The van der Waals surface area contributed by atoms with Gasteiger partial charge in [0.25, 0.3) is 0 Å². The molecule has 2 aromatic rings. The zero-order chi connectivity index (χ0) is 42.9. The Morgan fingerprint density at radius 3 is 2.19 bits per heavy atom. The Morgan fingerprint density at radius 1 is 0.914 bits per heavy atom. The summed E-state index contributed by atoms with van der Waals surface area (Å²) in [5, 5.41) is 38.8. The van der Waals surface area contributed by atoms with Crippen molar-refractivity contribution in [3.63, 3.8) is 0 Å². The van der Waals surface area contributed by atoms with Gasteiger partial charge in [-0.25, -0.2) is 9.59 Å². The van der Waals surface area contributed by atoms with Gasteiger partial charge in [0, 0.05) is 52.2 Å². The van der Waals surface area contributed by atoms with Crippen LogP contribution in [-0.2, 0) is 59.4 Å². The SMILES string of the molecule is CC(=O)OC[C@]12[C@H](O)[C@@H](OC(C)=O)[C@@H]3[C@@H](OC(C)=O)[C@@]14O[C@@]3(C)COC(=O)c1cccnc1[C@@H](C)[C@H](C)C(=O)O[C@@H]([C@H](OC(=O)c1ccc(=O)n(C)c1)[C@@H]2O)[C@]4(C)O. The zero-order valence-electron chi connectivity index (χ0n) is 33.0. The quantitative estimate of drug-likeness (QED) is 0.254. The molecule has 19 heteroatoms. The number of aryl methyl sites for hydroxylation is 1. The first-order chi connectivity index (χ1) is 27.0. The summed E-state index contributed by atoms with van der Waals surface area (Å²) in [7, 11) is 1.36. The zero-order valence-corrected chi connectivity index (χ0v) is 33.0. The molecule has 6 rings (SSSR count). The molecule has 1 saturated heterocycles. The van der Waals surface area contributed by atoms with E-state index in [2.05, 4.69) is 4.98 Å². The minimum Gasteiger partial charge on any atom is -0.465 e. The largest absolute Gasteiger partial charge is 0.465 e. The summed E-state index contributed by atoms with van der Waals surface area (Å²) >= 11 is 0. The summed E-state index contributed by atoms with van der Waals surface area (Å²) < 4.78 is 42.9. The number of esters is 6. The Hall–Kier alpha value is -5.24. The number of aliphatic hydroxyl groups is 3. The highest BCUT2D eigenvalue weighted by Crippen LogP contribution is 2.69. The van der Waals surface area contributed by atoms with E-state index in [9.17, 15) is 48.9 Å². The van der Waals surface area contributed by atoms with E-state index in [1.54, 1.807) is 6.92 Å². The molecule has 13 atom stereocenters. The third-order valence-electron chi connectivity index (χ3n) is 12.2. The van der Waals surface area contributed by atoms with E-state index in [4.69, 9.17) is 33.2 Å². The third kappa shape index (κ3) is 6.34. The van der Waals surface area contributed by atoms with Gasteiger partial charge in [0.1, 0.15) is 48.8 Å². The maximum absolute atomic E-state index is 14.3. The van der Waals surface area contributed by atoms with Crippen molar-refractivity contribution < 1.29 is 77.2 Å². The lowest BCUT2D eigenvalue weighted by Gasteiger charge is -2.67. The highest BCUT2D eigenvalue weighted by atomic mass is 16.7. The number of nitrogens with zero attached hydrogens (tertiary/aromatic N) is 2. The second kappa shape index (κ2) is 14.9. The lowest BCUT2D eigenvalue weighted by Crippen LogP contribution is -2.88. The molecule has 2 aliphatic heterocycles. The number of hydrogen-bond acceptors (Lipinski definition) is 18. The van der Waals surface area contributed by atoms with Crippen molar-refractivity contribution in [2.75, 3.05) is 13.2 Å². The van der Waals surface area contributed by atoms with Crippen LogP contribution in [-0.4, -0.2) is 127 Å². The molecule has 4 heterocycles. The van der Waals surface area contributed by atoms with Crippen molar-refractivity contribution in [2.24, 2.45) is 24.3 Å². The molecule has 1 spiro atoms. The van der Waals surface area contributed by atoms with Crippen molar-refractivity contribution in [1.29, 1.82) is 0 Å². The minimum absolute atomic E-state index is 0.0431. The van der Waals surface area contributed by atoms with Gasteiger partial charge in [-0.05, 0) is 32.0 Å². The van der Waals surface area contributed by atoms with Gasteiger partial charge in [0.2, 0.25) is 5.56 Å². The number of rotatable bonds is 6. The molecule has 0 aromatic carbocycles. The first-order valence-electron chi connectivity index (χ1n) is 18.5. The van der Waals surface area contributed by atoms with Crippen molar-refractivity contribution in [3.05, 3.63) is 63.8 Å². The van der Waals surface area contributed by atoms with Gasteiger partial charge in [-0.2, -0.15) is 0 Å². The fraction of sp³-hybridized carbons (Fsp3) is 0.590. The smallest absolute Gasteiger partial charge is 0.340 e. The Kier molecular flexibility index (Phi) is 10.8. The Bertz CT molecular complexity index is 2100. The number of hydrogen-bond donors (Lipinski definition) is 3. The summed E-state index contributed by atoms with van der Waals surface area (Å²) in [5.41, 5.74) is -10.9. The predicted molar refractivity (Wildman–Crippen MR) is 191 cm³/mol. The van der Waals surface area contributed by atoms with Crippen LogP contribution in [0.5, 0.6) is 0 Å². The second-order valence-corrected chi connectivity index (χ2v) is 15.8. The standard InChI is InChI=1S/C39H46N2O17/c1-17-18(2)33(48)57-32-28(56-34(49)22-11-12-24(45)41(8)14-22)30(47)38(16-52-19(3)42)29(46)27(54-20(4)43)25-31(55-21(5)44)39(38,37(32,7)51)58-36(25,6)15-53-35(50)23-10-9-13-40-26(17)23/h9-14,17-18,25,27-32,46-47,51H,15-16H2,1-8H3/t17-,18-,25+,27-,28+,29+,30-,31+,32-,36-,37-,38+,39-/m0/s1. The Labute approximate surface area is 331 Å². The molecule has 2 aromatic heterocycles. The number of cyclic esters (lactones) is 1. The fourth-order valence-corrected chi connectivity index (χ4v) is 9.32. The van der Waals surface area contributed by atoms with Crippen LogP contribution in [0, 0.1) is 17.3 Å². The first kappa shape index (κ1) is 42.4. The highest BCUT2D eigenvalue weighted by Gasteiger charge is 2.90. The summed E-state index contributed by atoms with van der Waals surface area (Å²) in [6, 6.07) is 5.08. The minimum atomic E-state index is -2.85. The van der Waals surface area contributed by atoms with Crippen LogP contribution in [0.3, 0.4) is 0 Å². The molecule has 2 aliphatic carbocycles. The molecular weight excluding hydrogens is 768 g/mol. The predicted octanol–water partition coefficient (Wildman–Crippen LogP) is -0.115. The number of ether oxygens (including phenoxy) is 7. The molecule has 3 N–H and O–H groups in total. The van der Waals surface area contributed by atoms with Crippen molar-refractivity contribution in [2.45, 2.75) is 108 Å². The van der Waals surface area contributed by atoms with Crippen molar-refractivity contribution in [3.8, 4) is 0 Å². The van der Waals surface area contributed by atoms with E-state index in [0.717, 1.165) is 50.6 Å². The lowest BCUT2D eigenvalue weighted by atomic mass is 9.45. The Balaban J connectivity index is 1.69. The van der Waals surface area contributed by atoms with Crippen LogP contribution in [0.25, 0.3) is 0 Å². The van der Waals surface area contributed by atoms with Gasteiger partial charge in [0.05, 0.1) is 34.1 Å². The molecule has 2 saturated carbocycles. The number of aromatic nitrogens is 2. The molecular formula is C39H46N2O17. The van der Waals surface area contributed by atoms with Gasteiger partial charge < -0.3 is 53.0 Å². The normalized spacial score (nSPS) is 37.9. The summed E-state index contributed by atoms with van der Waals surface area (Å²) in [4.78, 5) is 97.3. The van der Waals surface area contributed by atoms with E-state index < -0.39 is 131 Å². The second-order valence-electron chi connectivity index (χ2n) is 15.8. The van der Waals surface area contributed by atoms with Crippen LogP contribution < -0.4 is 5.56 Å². The van der Waals surface area contributed by atoms with Crippen molar-refractivity contribution >= 4 is 35.8 Å². The Morgan fingerprint density at radius 2 is 1.57 bits per heavy atom. The molecule has 4 bridgehead atoms. The fourth-order valence-electron chi connectivity index (χ4n) is 9.32. The highest BCUT2D eigenvalue weighted by molar-refractivity contribution is 5.91. The van der Waals surface area contributed by atoms with Crippen molar-refractivity contribution in [1.82, 2.24) is 9.55 Å². The van der Waals surface area contributed by atoms with Crippen LogP contribution >= 0.6 is 0 Å². The van der Waals surface area contributed by atoms with Gasteiger partial charge in [-0.1, -0.05) is 13.8 Å². The molecule has 0 radical (unpaired) electrons. The molecule has 58 heavy (non-hydrogen) atoms. The van der Waals surface area contributed by atoms with Gasteiger partial charge in [-0.3, -0.25) is 29.0 Å². The molecule has 0 amide bonds. The number of carbonyl (C=O) groups excluding carboxylic acids is 6. The first-order valence-corrected chi connectivity index (χ1v) is 18.5. The van der Waals surface area contributed by atoms with Crippen LogP contribution in [0.1, 0.15) is 80.8 Å². The van der Waals surface area contributed by atoms with E-state index in [1.165, 1.54) is 39.2 Å². The summed E-state index contributed by atoms with van der Waals surface area (Å²) in [5.74, 6) is -9.73. The van der Waals surface area contributed by atoms with Gasteiger partial charge >= 0.3 is 35.8 Å². The molecule has 314 valence electrons. The van der Waals surface area contributed by atoms with Gasteiger partial charge in [-0.15, -0.1) is 0 Å². The maximum atomic E-state index is 14.3. The monoisotopic (exact) mass is 814 g/mol. The van der Waals surface area contributed by atoms with E-state index in [-0.39, 0.29) is 16.8 Å². The third-order valence-corrected chi connectivity index (χ3v) is 12.2. The van der Waals surface area contributed by atoms with E-state index >= 15 is 0 Å². The lowest BCUT2D eigenvalue weighted by molar-refractivity contribution is -0.385. The number of carbonyl (C=O) groups is 6. The molecule has 3 fully saturated rings. The van der Waals surface area contributed by atoms with Crippen LogP contribution in [0.4, 0.5) is 0 Å². The molecule has 19 nitrogen and oxygen atoms in total. The van der Waals surface area contributed by atoms with Crippen LogP contribution in [0.15, 0.2) is 41.5 Å². The van der Waals surface area contributed by atoms with Crippen LogP contribution in [0.2, 0.25) is 0 Å². The summed E-state index contributed by atoms with van der Waals surface area (Å²) in [6.07, 6.45) is -10.2. The van der Waals surface area contributed by atoms with Gasteiger partial charge in [0.15, 0.2) is 17.8 Å². The maximum Gasteiger partial charge on any atom is 0.340 e. The molecule has 0 unspecified atom stereocenters. The topological polar surface area (TPSA) is 263 Å². The summed E-state index contributed by atoms with van der Waals surface area (Å²) in [6.45, 7) is 6.64. The average Bonchev–Trinajstić information content (AvgIpc) is 3.37. The number of fused-ring (bicyclic) bond motifs is 5.